The van der Waals surface area contributed by atoms with Crippen molar-refractivity contribution in [3.8, 4) is 0 Å². The van der Waals surface area contributed by atoms with Crippen molar-refractivity contribution in [2.45, 2.75) is 64.0 Å². The van der Waals surface area contributed by atoms with Crippen LogP contribution in [0.2, 0.25) is 0 Å². The topological polar surface area (TPSA) is 78.5 Å². The summed E-state index contributed by atoms with van der Waals surface area (Å²) in [5, 5.41) is 5.62. The van der Waals surface area contributed by atoms with E-state index in [0.717, 1.165) is 30.6 Å². The number of carbonyl (C=O) groups is 3. The molecule has 0 aromatic rings. The average Bonchev–Trinajstić information content (AvgIpc) is 3.01. The molecule has 6 nitrogen and oxygen atoms in total. The summed E-state index contributed by atoms with van der Waals surface area (Å²) in [5.74, 6) is -0.530. The van der Waals surface area contributed by atoms with Crippen molar-refractivity contribution in [3.63, 3.8) is 0 Å². The zero-order valence-electron chi connectivity index (χ0n) is 12.2. The maximum absolute atomic E-state index is 12.3. The Balaban J connectivity index is 1.96. The van der Waals surface area contributed by atoms with Crippen molar-refractivity contribution in [2.75, 3.05) is 6.54 Å². The molecule has 1 heterocycles. The zero-order valence-corrected chi connectivity index (χ0v) is 12.2. The van der Waals surface area contributed by atoms with E-state index in [1.807, 2.05) is 13.8 Å². The van der Waals surface area contributed by atoms with Crippen LogP contribution in [0, 0.1) is 0 Å². The van der Waals surface area contributed by atoms with Gasteiger partial charge in [0.25, 0.3) is 5.91 Å². The summed E-state index contributed by atoms with van der Waals surface area (Å²) in [6.07, 6.45) is 5.30. The van der Waals surface area contributed by atoms with E-state index in [1.54, 1.807) is 0 Å². The van der Waals surface area contributed by atoms with Gasteiger partial charge in [-0.05, 0) is 25.7 Å². The van der Waals surface area contributed by atoms with Crippen molar-refractivity contribution in [2.24, 2.45) is 0 Å². The molecule has 2 fully saturated rings. The van der Waals surface area contributed by atoms with Gasteiger partial charge in [-0.3, -0.25) is 14.5 Å². The fourth-order valence-corrected chi connectivity index (χ4v) is 3.04. The lowest BCUT2D eigenvalue weighted by molar-refractivity contribution is -0.135. The molecule has 1 saturated heterocycles. The van der Waals surface area contributed by atoms with Crippen LogP contribution in [0.25, 0.3) is 0 Å². The molecule has 0 unspecified atom stereocenters. The third kappa shape index (κ3) is 2.64. The monoisotopic (exact) mass is 281 g/mol. The number of nitrogens with one attached hydrogen (secondary N) is 2. The molecule has 0 radical (unpaired) electrons. The van der Waals surface area contributed by atoms with Gasteiger partial charge in [0.1, 0.15) is 12.1 Å². The standard InChI is InChI=1S/C14H23N3O3/c1-3-14(4-2)12(19)17(13(20)16-14)9-11(18)15-10-7-5-6-8-10/h10H,3-9H2,1-2H3,(H,15,18)(H,16,20). The van der Waals surface area contributed by atoms with Crippen LogP contribution in [0.1, 0.15) is 52.4 Å². The molecule has 6 heteroatoms. The van der Waals surface area contributed by atoms with E-state index in [0.29, 0.717) is 12.8 Å². The highest BCUT2D eigenvalue weighted by molar-refractivity contribution is 6.08. The Hall–Kier alpha value is -1.59. The van der Waals surface area contributed by atoms with Crippen LogP contribution in [0.4, 0.5) is 4.79 Å². The third-order valence-corrected chi connectivity index (χ3v) is 4.48. The summed E-state index contributed by atoms with van der Waals surface area (Å²) < 4.78 is 0. The molecule has 0 spiro atoms. The van der Waals surface area contributed by atoms with Gasteiger partial charge in [-0.25, -0.2) is 4.79 Å². The van der Waals surface area contributed by atoms with Crippen molar-refractivity contribution in [1.82, 2.24) is 15.5 Å². The van der Waals surface area contributed by atoms with Crippen LogP contribution in [0.3, 0.4) is 0 Å². The Bertz CT molecular complexity index is 412. The summed E-state index contributed by atoms with van der Waals surface area (Å²) in [6.45, 7) is 3.55. The minimum absolute atomic E-state index is 0.178. The van der Waals surface area contributed by atoms with Crippen molar-refractivity contribution < 1.29 is 14.4 Å². The average molecular weight is 281 g/mol. The van der Waals surface area contributed by atoms with Gasteiger partial charge < -0.3 is 10.6 Å². The van der Waals surface area contributed by atoms with Gasteiger partial charge in [-0.15, -0.1) is 0 Å². The minimum atomic E-state index is -0.829. The fraction of sp³-hybridized carbons (Fsp3) is 0.786. The molecule has 112 valence electrons. The number of carbonyl (C=O) groups excluding carboxylic acids is 3. The Morgan fingerprint density at radius 2 is 1.90 bits per heavy atom. The van der Waals surface area contributed by atoms with Gasteiger partial charge in [-0.1, -0.05) is 26.7 Å². The number of urea groups is 1. The lowest BCUT2D eigenvalue weighted by Gasteiger charge is -2.23. The molecule has 1 saturated carbocycles. The molecule has 0 bridgehead atoms. The second kappa shape index (κ2) is 5.81. The minimum Gasteiger partial charge on any atom is -0.352 e. The highest BCUT2D eigenvalue weighted by Crippen LogP contribution is 2.24. The first kappa shape index (κ1) is 14.8. The SMILES string of the molecule is CCC1(CC)NC(=O)N(CC(=O)NC2CCCC2)C1=O. The summed E-state index contributed by atoms with van der Waals surface area (Å²) in [4.78, 5) is 37.2. The summed E-state index contributed by atoms with van der Waals surface area (Å²) >= 11 is 0. The first-order valence-electron chi connectivity index (χ1n) is 7.46. The predicted molar refractivity (Wildman–Crippen MR) is 74.0 cm³/mol. The number of hydrogen-bond donors (Lipinski definition) is 2. The van der Waals surface area contributed by atoms with Crippen LogP contribution >= 0.6 is 0 Å². The van der Waals surface area contributed by atoms with Crippen LogP contribution in [-0.4, -0.2) is 40.9 Å². The molecule has 1 aliphatic carbocycles. The molecule has 1 aliphatic heterocycles. The fourth-order valence-electron chi connectivity index (χ4n) is 3.04. The third-order valence-electron chi connectivity index (χ3n) is 4.48. The number of amides is 4. The van der Waals surface area contributed by atoms with Gasteiger partial charge in [-0.2, -0.15) is 0 Å². The maximum Gasteiger partial charge on any atom is 0.325 e. The molecule has 2 rings (SSSR count). The number of imide groups is 1. The van der Waals surface area contributed by atoms with E-state index in [2.05, 4.69) is 10.6 Å². The number of rotatable bonds is 5. The quantitative estimate of drug-likeness (QED) is 0.742. The van der Waals surface area contributed by atoms with Gasteiger partial charge in [0, 0.05) is 6.04 Å². The first-order valence-corrected chi connectivity index (χ1v) is 7.46. The zero-order chi connectivity index (χ0) is 14.8. The summed E-state index contributed by atoms with van der Waals surface area (Å²) in [7, 11) is 0. The molecule has 2 N–H and O–H groups in total. The second-order valence-corrected chi connectivity index (χ2v) is 5.66. The van der Waals surface area contributed by atoms with Gasteiger partial charge >= 0.3 is 6.03 Å². The van der Waals surface area contributed by atoms with Gasteiger partial charge in [0.2, 0.25) is 5.91 Å². The highest BCUT2D eigenvalue weighted by atomic mass is 16.2. The first-order chi connectivity index (χ1) is 9.52. The molecular formula is C14H23N3O3. The Labute approximate surface area is 119 Å². The summed E-state index contributed by atoms with van der Waals surface area (Å²) in [5.41, 5.74) is -0.829. The van der Waals surface area contributed by atoms with E-state index in [1.165, 1.54) is 0 Å². The van der Waals surface area contributed by atoms with Gasteiger partial charge in [0.15, 0.2) is 0 Å². The number of hydrogen-bond acceptors (Lipinski definition) is 3. The van der Waals surface area contributed by atoms with Crippen molar-refractivity contribution >= 4 is 17.8 Å². The van der Waals surface area contributed by atoms with E-state index >= 15 is 0 Å². The molecular weight excluding hydrogens is 258 g/mol. The largest absolute Gasteiger partial charge is 0.352 e. The maximum atomic E-state index is 12.3. The van der Waals surface area contributed by atoms with Crippen LogP contribution in [0.5, 0.6) is 0 Å². The van der Waals surface area contributed by atoms with E-state index < -0.39 is 11.6 Å². The molecule has 4 amide bonds. The van der Waals surface area contributed by atoms with Gasteiger partial charge in [0.05, 0.1) is 0 Å². The lowest BCUT2D eigenvalue weighted by Crippen LogP contribution is -2.47. The second-order valence-electron chi connectivity index (χ2n) is 5.66. The van der Waals surface area contributed by atoms with E-state index in [-0.39, 0.29) is 24.4 Å². The predicted octanol–water partition coefficient (Wildman–Crippen LogP) is 1.16. The Kier molecular flexibility index (Phi) is 4.30. The molecule has 0 aromatic heterocycles. The molecule has 0 aromatic carbocycles. The van der Waals surface area contributed by atoms with Crippen LogP contribution in [0.15, 0.2) is 0 Å². The van der Waals surface area contributed by atoms with E-state index in [4.69, 9.17) is 0 Å². The highest BCUT2D eigenvalue weighted by Gasteiger charge is 2.49. The molecule has 2 aliphatic rings. The smallest absolute Gasteiger partial charge is 0.325 e. The van der Waals surface area contributed by atoms with Crippen molar-refractivity contribution in [3.05, 3.63) is 0 Å². The van der Waals surface area contributed by atoms with Crippen molar-refractivity contribution in [1.29, 1.82) is 0 Å². The normalized spacial score (nSPS) is 22.2. The molecule has 20 heavy (non-hydrogen) atoms. The van der Waals surface area contributed by atoms with Crippen LogP contribution < -0.4 is 10.6 Å². The van der Waals surface area contributed by atoms with E-state index in [9.17, 15) is 14.4 Å². The molecule has 0 atom stereocenters. The lowest BCUT2D eigenvalue weighted by atomic mass is 9.93. The van der Waals surface area contributed by atoms with Crippen LogP contribution in [-0.2, 0) is 9.59 Å². The number of nitrogens with zero attached hydrogens (tertiary/aromatic N) is 1. The summed E-state index contributed by atoms with van der Waals surface area (Å²) in [6, 6.07) is -0.259. The Morgan fingerprint density at radius 3 is 2.40 bits per heavy atom. The Morgan fingerprint density at radius 1 is 1.30 bits per heavy atom.